The molecule has 0 N–H and O–H groups in total. The number of methoxy groups -OCH3 is 2. The first-order chi connectivity index (χ1) is 9.74. The molecule has 20 heavy (non-hydrogen) atoms. The Morgan fingerprint density at radius 3 is 2.75 bits per heavy atom. The van der Waals surface area contributed by atoms with Crippen LogP contribution in [0.25, 0.3) is 0 Å². The lowest BCUT2D eigenvalue weighted by Gasteiger charge is -2.17. The molecule has 2 rings (SSSR count). The number of rotatable bonds is 6. The quantitative estimate of drug-likeness (QED) is 0.749. The van der Waals surface area contributed by atoms with Crippen LogP contribution in [0.5, 0.6) is 11.5 Å². The van der Waals surface area contributed by atoms with E-state index in [0.29, 0.717) is 6.04 Å². The van der Waals surface area contributed by atoms with Gasteiger partial charge >= 0.3 is 0 Å². The van der Waals surface area contributed by atoms with E-state index in [1.165, 1.54) is 19.4 Å². The Morgan fingerprint density at radius 2 is 2.10 bits per heavy atom. The van der Waals surface area contributed by atoms with Gasteiger partial charge in [-0.05, 0) is 56.6 Å². The van der Waals surface area contributed by atoms with E-state index in [0.717, 1.165) is 30.0 Å². The van der Waals surface area contributed by atoms with Gasteiger partial charge in [0.2, 0.25) is 0 Å². The van der Waals surface area contributed by atoms with Gasteiger partial charge in [0.1, 0.15) is 0 Å². The lowest BCUT2D eigenvalue weighted by molar-refractivity contribution is 0.300. The van der Waals surface area contributed by atoms with Crippen molar-refractivity contribution in [2.24, 2.45) is 4.99 Å². The van der Waals surface area contributed by atoms with Crippen molar-refractivity contribution in [3.05, 3.63) is 23.8 Å². The molecule has 1 aliphatic heterocycles. The van der Waals surface area contributed by atoms with Gasteiger partial charge < -0.3 is 14.4 Å². The second-order valence-electron chi connectivity index (χ2n) is 5.22. The van der Waals surface area contributed by atoms with E-state index in [9.17, 15) is 0 Å². The van der Waals surface area contributed by atoms with Gasteiger partial charge in [-0.3, -0.25) is 4.99 Å². The monoisotopic (exact) mass is 276 g/mol. The predicted molar refractivity (Wildman–Crippen MR) is 82.3 cm³/mol. The Morgan fingerprint density at radius 1 is 1.30 bits per heavy atom. The van der Waals surface area contributed by atoms with Gasteiger partial charge in [-0.15, -0.1) is 0 Å². The number of aliphatic imine (C=N–C) groups is 1. The van der Waals surface area contributed by atoms with Crippen LogP contribution < -0.4 is 9.47 Å². The van der Waals surface area contributed by atoms with Crippen LogP contribution in [-0.2, 0) is 0 Å². The summed E-state index contributed by atoms with van der Waals surface area (Å²) >= 11 is 0. The number of ether oxygens (including phenoxy) is 2. The summed E-state index contributed by atoms with van der Waals surface area (Å²) in [6.45, 7) is 2.10. The standard InChI is InChI=1S/C16H24N2O2/c1-18-10-4-5-14(18)8-9-17-12-13-6-7-15(19-2)16(11-13)20-3/h6-7,11-12,14H,4-5,8-10H2,1-3H3. The SMILES string of the molecule is COc1ccc(C=NCCC2CCCN2C)cc1OC. The van der Waals surface area contributed by atoms with Crippen LogP contribution in [0.4, 0.5) is 0 Å². The van der Waals surface area contributed by atoms with E-state index in [2.05, 4.69) is 16.9 Å². The number of hydrogen-bond donors (Lipinski definition) is 0. The third-order valence-electron chi connectivity index (χ3n) is 3.91. The molecule has 0 spiro atoms. The van der Waals surface area contributed by atoms with Crippen molar-refractivity contribution in [2.75, 3.05) is 34.4 Å². The van der Waals surface area contributed by atoms with E-state index < -0.39 is 0 Å². The van der Waals surface area contributed by atoms with E-state index in [1.807, 2.05) is 24.4 Å². The summed E-state index contributed by atoms with van der Waals surface area (Å²) in [6.07, 6.45) is 5.68. The minimum atomic E-state index is 0.706. The lowest BCUT2D eigenvalue weighted by atomic mass is 10.1. The number of benzene rings is 1. The van der Waals surface area contributed by atoms with Gasteiger partial charge in [-0.1, -0.05) is 0 Å². The van der Waals surface area contributed by atoms with Crippen LogP contribution in [0.2, 0.25) is 0 Å². The van der Waals surface area contributed by atoms with Crippen LogP contribution in [-0.4, -0.2) is 51.5 Å². The van der Waals surface area contributed by atoms with Crippen LogP contribution in [0.1, 0.15) is 24.8 Å². The van der Waals surface area contributed by atoms with Crippen LogP contribution in [0, 0.1) is 0 Å². The first-order valence-electron chi connectivity index (χ1n) is 7.16. The predicted octanol–water partition coefficient (Wildman–Crippen LogP) is 2.61. The van der Waals surface area contributed by atoms with Crippen molar-refractivity contribution < 1.29 is 9.47 Å². The maximum atomic E-state index is 5.29. The third-order valence-corrected chi connectivity index (χ3v) is 3.91. The summed E-state index contributed by atoms with van der Waals surface area (Å²) in [7, 11) is 5.49. The van der Waals surface area contributed by atoms with Gasteiger partial charge in [-0.2, -0.15) is 0 Å². The summed E-state index contributed by atoms with van der Waals surface area (Å²) in [5, 5.41) is 0. The smallest absolute Gasteiger partial charge is 0.161 e. The van der Waals surface area contributed by atoms with Gasteiger partial charge in [0.05, 0.1) is 14.2 Å². The first-order valence-corrected chi connectivity index (χ1v) is 7.16. The fraction of sp³-hybridized carbons (Fsp3) is 0.562. The Kier molecular flexibility index (Phi) is 5.41. The fourth-order valence-electron chi connectivity index (χ4n) is 2.67. The minimum absolute atomic E-state index is 0.706. The Hall–Kier alpha value is -1.55. The minimum Gasteiger partial charge on any atom is -0.493 e. The molecular weight excluding hydrogens is 252 g/mol. The zero-order chi connectivity index (χ0) is 14.4. The fourth-order valence-corrected chi connectivity index (χ4v) is 2.67. The lowest BCUT2D eigenvalue weighted by Crippen LogP contribution is -2.25. The number of hydrogen-bond acceptors (Lipinski definition) is 4. The zero-order valence-corrected chi connectivity index (χ0v) is 12.6. The molecule has 1 fully saturated rings. The highest BCUT2D eigenvalue weighted by Gasteiger charge is 2.19. The molecule has 1 unspecified atom stereocenters. The normalized spacial score (nSPS) is 19.6. The third kappa shape index (κ3) is 3.73. The largest absolute Gasteiger partial charge is 0.493 e. The molecule has 1 aromatic carbocycles. The molecule has 1 atom stereocenters. The average molecular weight is 276 g/mol. The zero-order valence-electron chi connectivity index (χ0n) is 12.6. The topological polar surface area (TPSA) is 34.1 Å². The Labute approximate surface area is 121 Å². The van der Waals surface area contributed by atoms with E-state index in [1.54, 1.807) is 14.2 Å². The molecule has 4 heteroatoms. The molecule has 0 aromatic heterocycles. The second kappa shape index (κ2) is 7.29. The van der Waals surface area contributed by atoms with Gasteiger partial charge in [0.15, 0.2) is 11.5 Å². The van der Waals surface area contributed by atoms with E-state index in [-0.39, 0.29) is 0 Å². The summed E-state index contributed by atoms with van der Waals surface area (Å²) in [5.74, 6) is 1.49. The molecule has 1 heterocycles. The van der Waals surface area contributed by atoms with Crippen molar-refractivity contribution in [3.63, 3.8) is 0 Å². The summed E-state index contributed by atoms with van der Waals surface area (Å²) < 4.78 is 10.5. The molecule has 110 valence electrons. The maximum absolute atomic E-state index is 5.29. The highest BCUT2D eigenvalue weighted by molar-refractivity contribution is 5.80. The van der Waals surface area contributed by atoms with Gasteiger partial charge in [0.25, 0.3) is 0 Å². The first kappa shape index (κ1) is 14.9. The van der Waals surface area contributed by atoms with Crippen LogP contribution in [0.3, 0.4) is 0 Å². The van der Waals surface area contributed by atoms with Crippen molar-refractivity contribution in [3.8, 4) is 11.5 Å². The molecule has 0 aliphatic carbocycles. The van der Waals surface area contributed by atoms with E-state index in [4.69, 9.17) is 9.47 Å². The molecule has 0 amide bonds. The van der Waals surface area contributed by atoms with E-state index >= 15 is 0 Å². The second-order valence-corrected chi connectivity index (χ2v) is 5.22. The maximum Gasteiger partial charge on any atom is 0.161 e. The molecule has 4 nitrogen and oxygen atoms in total. The van der Waals surface area contributed by atoms with Crippen LogP contribution in [0.15, 0.2) is 23.2 Å². The van der Waals surface area contributed by atoms with Crippen molar-refractivity contribution in [2.45, 2.75) is 25.3 Å². The summed E-state index contributed by atoms with van der Waals surface area (Å²) in [6, 6.07) is 6.55. The number of nitrogens with zero attached hydrogens (tertiary/aromatic N) is 2. The number of likely N-dealkylation sites (tertiary alicyclic amines) is 1. The average Bonchev–Trinajstić information content (AvgIpc) is 2.88. The summed E-state index contributed by atoms with van der Waals surface area (Å²) in [4.78, 5) is 6.96. The highest BCUT2D eigenvalue weighted by atomic mass is 16.5. The Bertz CT molecular complexity index is 460. The molecule has 0 radical (unpaired) electrons. The van der Waals surface area contributed by atoms with Crippen molar-refractivity contribution >= 4 is 6.21 Å². The van der Waals surface area contributed by atoms with Crippen LogP contribution >= 0.6 is 0 Å². The summed E-state index contributed by atoms with van der Waals surface area (Å²) in [5.41, 5.74) is 1.04. The van der Waals surface area contributed by atoms with Gasteiger partial charge in [-0.25, -0.2) is 0 Å². The molecule has 1 aromatic rings. The highest BCUT2D eigenvalue weighted by Crippen LogP contribution is 2.26. The molecule has 0 saturated carbocycles. The molecule has 0 bridgehead atoms. The molecular formula is C16H24N2O2. The van der Waals surface area contributed by atoms with Crippen molar-refractivity contribution in [1.29, 1.82) is 0 Å². The Balaban J connectivity index is 1.87. The molecule has 1 aliphatic rings. The molecule has 1 saturated heterocycles. The van der Waals surface area contributed by atoms with Gasteiger partial charge in [0, 0.05) is 18.8 Å². The van der Waals surface area contributed by atoms with Crippen molar-refractivity contribution in [1.82, 2.24) is 4.90 Å².